The molecule has 6 heteroatoms. The zero-order chi connectivity index (χ0) is 17.0. The van der Waals surface area contributed by atoms with E-state index in [2.05, 4.69) is 32.6 Å². The van der Waals surface area contributed by atoms with Crippen molar-refractivity contribution in [2.24, 2.45) is 5.10 Å². The topological polar surface area (TPSA) is 83.0 Å². The Morgan fingerprint density at radius 2 is 1.92 bits per heavy atom. The molecule has 2 rings (SSSR count). The summed E-state index contributed by atoms with van der Waals surface area (Å²) in [5, 5.41) is 12.0. The molecule has 1 aromatic carbocycles. The van der Waals surface area contributed by atoms with Gasteiger partial charge in [0.2, 0.25) is 5.95 Å². The zero-order valence-electron chi connectivity index (χ0n) is 14.2. The van der Waals surface area contributed by atoms with E-state index in [1.54, 1.807) is 0 Å². The van der Waals surface area contributed by atoms with Gasteiger partial charge in [0.1, 0.15) is 5.69 Å². The van der Waals surface area contributed by atoms with Crippen molar-refractivity contribution in [1.82, 2.24) is 15.2 Å². The van der Waals surface area contributed by atoms with Crippen LogP contribution in [0.3, 0.4) is 0 Å². The minimum absolute atomic E-state index is 0.244. The smallest absolute Gasteiger partial charge is 0.274 e. The first-order valence-corrected chi connectivity index (χ1v) is 8.57. The molecule has 0 aliphatic carbocycles. The van der Waals surface area contributed by atoms with Gasteiger partial charge in [-0.3, -0.25) is 9.78 Å². The maximum absolute atomic E-state index is 12.0. The highest BCUT2D eigenvalue weighted by atomic mass is 16.1. The van der Waals surface area contributed by atoms with E-state index < -0.39 is 0 Å². The van der Waals surface area contributed by atoms with Gasteiger partial charge in [0.25, 0.3) is 5.56 Å². The number of hydrogen-bond donors (Lipinski definition) is 2. The molecule has 0 bridgehead atoms. The van der Waals surface area contributed by atoms with Crippen molar-refractivity contribution in [3.8, 4) is 0 Å². The summed E-state index contributed by atoms with van der Waals surface area (Å²) in [4.78, 5) is 14.7. The predicted molar refractivity (Wildman–Crippen MR) is 97.4 cm³/mol. The molecule has 0 aliphatic heterocycles. The molecule has 1 heterocycles. The molecular weight excluding hydrogens is 302 g/mol. The lowest BCUT2D eigenvalue weighted by atomic mass is 10.1. The molecule has 0 spiro atoms. The summed E-state index contributed by atoms with van der Waals surface area (Å²) < 4.78 is 0. The lowest BCUT2D eigenvalue weighted by molar-refractivity contribution is 0.645. The highest BCUT2D eigenvalue weighted by molar-refractivity contribution is 5.58. The van der Waals surface area contributed by atoms with Crippen molar-refractivity contribution < 1.29 is 0 Å². The number of unbranched alkanes of at least 4 members (excludes halogenated alkanes) is 5. The van der Waals surface area contributed by atoms with Crippen LogP contribution in [-0.2, 0) is 6.42 Å². The number of benzene rings is 1. The lowest BCUT2D eigenvalue weighted by Gasteiger charge is -2.01. The summed E-state index contributed by atoms with van der Waals surface area (Å²) in [5.41, 5.74) is 3.90. The molecule has 1 aromatic heterocycles. The molecule has 128 valence electrons. The maximum Gasteiger partial charge on any atom is 0.274 e. The maximum atomic E-state index is 12.0. The van der Waals surface area contributed by atoms with E-state index in [-0.39, 0.29) is 11.5 Å². The fourth-order valence-corrected chi connectivity index (χ4v) is 2.33. The first-order valence-electron chi connectivity index (χ1n) is 8.57. The molecular formula is C18H25N5O. The minimum Gasteiger partial charge on any atom is -0.288 e. The molecule has 2 N–H and O–H groups in total. The van der Waals surface area contributed by atoms with Crippen LogP contribution in [0.25, 0.3) is 0 Å². The molecule has 0 unspecified atom stereocenters. The number of hydrazone groups is 1. The average Bonchev–Trinajstić information content (AvgIpc) is 2.60. The van der Waals surface area contributed by atoms with Crippen LogP contribution in [0, 0.1) is 0 Å². The monoisotopic (exact) mass is 327 g/mol. The Kier molecular flexibility index (Phi) is 7.67. The van der Waals surface area contributed by atoms with Crippen LogP contribution in [0.5, 0.6) is 0 Å². The lowest BCUT2D eigenvalue weighted by Crippen LogP contribution is -2.18. The van der Waals surface area contributed by atoms with Gasteiger partial charge in [-0.15, -0.1) is 10.2 Å². The van der Waals surface area contributed by atoms with Crippen LogP contribution in [0.4, 0.5) is 5.95 Å². The number of rotatable bonds is 10. The first-order chi connectivity index (χ1) is 11.8. The number of anilines is 1. The van der Waals surface area contributed by atoms with E-state index in [1.807, 2.05) is 36.5 Å². The van der Waals surface area contributed by atoms with Crippen LogP contribution in [0.1, 0.15) is 56.7 Å². The largest absolute Gasteiger partial charge is 0.288 e. The Labute approximate surface area is 142 Å². The van der Waals surface area contributed by atoms with E-state index in [1.165, 1.54) is 25.7 Å². The number of nitrogens with one attached hydrogen (secondary N) is 2. The van der Waals surface area contributed by atoms with Gasteiger partial charge in [-0.05, 0) is 18.4 Å². The summed E-state index contributed by atoms with van der Waals surface area (Å²) in [6.45, 7) is 2.21. The van der Waals surface area contributed by atoms with Gasteiger partial charge in [-0.25, -0.2) is 5.43 Å². The fraction of sp³-hybridized carbons (Fsp3) is 0.444. The Morgan fingerprint density at radius 1 is 1.12 bits per heavy atom. The standard InChI is InChI=1S/C18H25N5O/c1-2-3-4-5-6-10-13-19-22-18-20-17(24)16(21-23-18)14-15-11-8-7-9-12-15/h7-9,11-13H,2-6,10,14H2,1H3,(H2,20,22,23,24)/b19-13-. The van der Waals surface area contributed by atoms with Crippen molar-refractivity contribution in [3.63, 3.8) is 0 Å². The van der Waals surface area contributed by atoms with Crippen molar-refractivity contribution in [1.29, 1.82) is 0 Å². The number of hydrogen-bond acceptors (Lipinski definition) is 5. The third kappa shape index (κ3) is 6.32. The number of aromatic nitrogens is 3. The van der Waals surface area contributed by atoms with Gasteiger partial charge in [-0.2, -0.15) is 5.10 Å². The van der Waals surface area contributed by atoms with Gasteiger partial charge in [0.05, 0.1) is 0 Å². The normalized spacial score (nSPS) is 11.0. The highest BCUT2D eigenvalue weighted by Crippen LogP contribution is 2.04. The van der Waals surface area contributed by atoms with Crippen molar-refractivity contribution >= 4 is 12.2 Å². The predicted octanol–water partition coefficient (Wildman–Crippen LogP) is 3.51. The molecule has 0 fully saturated rings. The zero-order valence-corrected chi connectivity index (χ0v) is 14.2. The van der Waals surface area contributed by atoms with E-state index >= 15 is 0 Å². The van der Waals surface area contributed by atoms with Crippen LogP contribution in [-0.4, -0.2) is 21.4 Å². The highest BCUT2D eigenvalue weighted by Gasteiger charge is 2.05. The third-order valence-electron chi connectivity index (χ3n) is 3.68. The van der Waals surface area contributed by atoms with Crippen LogP contribution in [0.15, 0.2) is 40.2 Å². The Bertz CT molecular complexity index is 681. The Hall–Kier alpha value is -2.50. The van der Waals surface area contributed by atoms with Crippen LogP contribution >= 0.6 is 0 Å². The molecule has 0 aliphatic rings. The second-order valence-corrected chi connectivity index (χ2v) is 5.74. The summed E-state index contributed by atoms with van der Waals surface area (Å²) in [5.74, 6) is 0.263. The Balaban J connectivity index is 1.78. The third-order valence-corrected chi connectivity index (χ3v) is 3.68. The van der Waals surface area contributed by atoms with Gasteiger partial charge in [0.15, 0.2) is 0 Å². The summed E-state index contributed by atoms with van der Waals surface area (Å²) in [6, 6.07) is 9.72. The van der Waals surface area contributed by atoms with Gasteiger partial charge >= 0.3 is 0 Å². The minimum atomic E-state index is -0.244. The molecule has 0 saturated heterocycles. The van der Waals surface area contributed by atoms with Gasteiger partial charge < -0.3 is 0 Å². The number of H-pyrrole nitrogens is 1. The molecule has 0 amide bonds. The summed E-state index contributed by atoms with van der Waals surface area (Å²) in [6.07, 6.45) is 9.37. The van der Waals surface area contributed by atoms with E-state index in [9.17, 15) is 4.79 Å². The van der Waals surface area contributed by atoms with Crippen LogP contribution < -0.4 is 11.0 Å². The summed E-state index contributed by atoms with van der Waals surface area (Å²) >= 11 is 0. The molecule has 0 atom stereocenters. The second kappa shape index (κ2) is 10.3. The second-order valence-electron chi connectivity index (χ2n) is 5.74. The first kappa shape index (κ1) is 17.8. The SMILES string of the molecule is CCCCCCC/C=N\Nc1nnc(Cc2ccccc2)c(=O)[nH]1. The molecule has 2 aromatic rings. The van der Waals surface area contributed by atoms with Gasteiger partial charge in [-0.1, -0.05) is 62.9 Å². The van der Waals surface area contributed by atoms with Crippen molar-refractivity contribution in [3.05, 3.63) is 51.9 Å². The van der Waals surface area contributed by atoms with E-state index in [0.29, 0.717) is 12.1 Å². The van der Waals surface area contributed by atoms with Crippen molar-refractivity contribution in [2.75, 3.05) is 5.43 Å². The molecule has 24 heavy (non-hydrogen) atoms. The molecule has 0 radical (unpaired) electrons. The van der Waals surface area contributed by atoms with Gasteiger partial charge in [0, 0.05) is 12.6 Å². The number of nitrogens with zero attached hydrogens (tertiary/aromatic N) is 3. The molecule has 6 nitrogen and oxygen atoms in total. The van der Waals surface area contributed by atoms with E-state index in [4.69, 9.17) is 0 Å². The summed E-state index contributed by atoms with van der Waals surface area (Å²) in [7, 11) is 0. The quantitative estimate of drug-likeness (QED) is 0.397. The molecule has 0 saturated carbocycles. The fourth-order valence-electron chi connectivity index (χ4n) is 2.33. The Morgan fingerprint density at radius 3 is 2.67 bits per heavy atom. The van der Waals surface area contributed by atoms with E-state index in [0.717, 1.165) is 18.4 Å². The number of aromatic amines is 1. The van der Waals surface area contributed by atoms with Crippen molar-refractivity contribution in [2.45, 2.75) is 51.9 Å². The van der Waals surface area contributed by atoms with Crippen LogP contribution in [0.2, 0.25) is 0 Å². The average molecular weight is 327 g/mol.